The number of nitrogens with zero attached hydrogens (tertiary/aromatic N) is 1. The minimum absolute atomic E-state index is 0.0692. The van der Waals surface area contributed by atoms with Gasteiger partial charge in [0.1, 0.15) is 0 Å². The summed E-state index contributed by atoms with van der Waals surface area (Å²) >= 11 is 0. The van der Waals surface area contributed by atoms with Gasteiger partial charge in [0.05, 0.1) is 0 Å². The van der Waals surface area contributed by atoms with Gasteiger partial charge in [0.15, 0.2) is 0 Å². The van der Waals surface area contributed by atoms with Crippen molar-refractivity contribution in [2.45, 2.75) is 31.6 Å². The van der Waals surface area contributed by atoms with Gasteiger partial charge in [0.2, 0.25) is 0 Å². The lowest BCUT2D eigenvalue weighted by molar-refractivity contribution is 0.178. The molecule has 100 valence electrons. The Morgan fingerprint density at radius 3 is 2.44 bits per heavy atom. The number of rotatable bonds is 6. The Labute approximate surface area is 111 Å². The van der Waals surface area contributed by atoms with Crippen molar-refractivity contribution in [1.29, 1.82) is 0 Å². The minimum atomic E-state index is 0.0692. The third kappa shape index (κ3) is 3.12. The molecule has 0 aromatic heterocycles. The summed E-state index contributed by atoms with van der Waals surface area (Å²) in [6, 6.07) is 10.7. The molecule has 0 aliphatic heterocycles. The van der Waals surface area contributed by atoms with Crippen LogP contribution in [0.5, 0.6) is 0 Å². The Bertz CT molecular complexity index is 359. The largest absolute Gasteiger partial charge is 0.330 e. The van der Waals surface area contributed by atoms with Gasteiger partial charge in [-0.25, -0.2) is 0 Å². The smallest absolute Gasteiger partial charge is 0.0174 e. The molecule has 1 aliphatic rings. The number of benzene rings is 1. The second-order valence-corrected chi connectivity index (χ2v) is 6.12. The molecule has 0 heterocycles. The quantitative estimate of drug-likeness (QED) is 0.836. The summed E-state index contributed by atoms with van der Waals surface area (Å²) in [5.74, 6) is 0.924. The molecule has 18 heavy (non-hydrogen) atoms. The van der Waals surface area contributed by atoms with E-state index in [1.807, 2.05) is 0 Å². The fourth-order valence-electron chi connectivity index (χ4n) is 2.89. The lowest BCUT2D eigenvalue weighted by Gasteiger charge is -2.36. The maximum atomic E-state index is 6.04. The van der Waals surface area contributed by atoms with Crippen molar-refractivity contribution in [3.05, 3.63) is 35.9 Å². The van der Waals surface area contributed by atoms with Crippen molar-refractivity contribution < 1.29 is 0 Å². The van der Waals surface area contributed by atoms with E-state index in [0.29, 0.717) is 6.54 Å². The van der Waals surface area contributed by atoms with E-state index in [2.05, 4.69) is 49.2 Å². The predicted octanol–water partition coefficient (Wildman–Crippen LogP) is 2.63. The van der Waals surface area contributed by atoms with Crippen molar-refractivity contribution >= 4 is 0 Å². The van der Waals surface area contributed by atoms with Gasteiger partial charge in [-0.15, -0.1) is 0 Å². The fourth-order valence-corrected chi connectivity index (χ4v) is 2.89. The van der Waals surface area contributed by atoms with Crippen LogP contribution < -0.4 is 5.73 Å². The molecule has 0 amide bonds. The first-order valence-electron chi connectivity index (χ1n) is 7.08. The normalized spacial score (nSPS) is 19.6. The van der Waals surface area contributed by atoms with Gasteiger partial charge in [0.25, 0.3) is 0 Å². The van der Waals surface area contributed by atoms with E-state index in [9.17, 15) is 0 Å². The molecule has 1 aromatic carbocycles. The summed E-state index contributed by atoms with van der Waals surface area (Å²) in [7, 11) is 2.23. The zero-order valence-electron chi connectivity index (χ0n) is 11.7. The molecular formula is C16H26N2. The van der Waals surface area contributed by atoms with Crippen LogP contribution in [0.15, 0.2) is 30.3 Å². The molecule has 1 saturated carbocycles. The predicted molar refractivity (Wildman–Crippen MR) is 77.7 cm³/mol. The van der Waals surface area contributed by atoms with E-state index in [0.717, 1.165) is 12.5 Å². The molecule has 2 nitrogen and oxygen atoms in total. The zero-order chi connectivity index (χ0) is 13.0. The van der Waals surface area contributed by atoms with Gasteiger partial charge in [-0.2, -0.15) is 0 Å². The number of hydrogen-bond donors (Lipinski definition) is 1. The molecule has 1 unspecified atom stereocenters. The van der Waals surface area contributed by atoms with E-state index in [1.165, 1.54) is 31.4 Å². The molecule has 0 spiro atoms. The van der Waals surface area contributed by atoms with Gasteiger partial charge in [-0.3, -0.25) is 0 Å². The van der Waals surface area contributed by atoms with Crippen LogP contribution in [-0.2, 0) is 5.41 Å². The maximum absolute atomic E-state index is 6.04. The van der Waals surface area contributed by atoms with Crippen molar-refractivity contribution in [2.24, 2.45) is 11.7 Å². The van der Waals surface area contributed by atoms with Gasteiger partial charge >= 0.3 is 0 Å². The first-order valence-corrected chi connectivity index (χ1v) is 7.08. The van der Waals surface area contributed by atoms with Crippen LogP contribution >= 0.6 is 0 Å². The molecule has 1 aliphatic carbocycles. The summed E-state index contributed by atoms with van der Waals surface area (Å²) < 4.78 is 0. The summed E-state index contributed by atoms with van der Waals surface area (Å²) in [5, 5.41) is 0. The summed E-state index contributed by atoms with van der Waals surface area (Å²) in [6.07, 6.45) is 4.25. The van der Waals surface area contributed by atoms with Crippen molar-refractivity contribution in [1.82, 2.24) is 4.90 Å². The highest BCUT2D eigenvalue weighted by Crippen LogP contribution is 2.29. The lowest BCUT2D eigenvalue weighted by Crippen LogP contribution is -2.44. The monoisotopic (exact) mass is 246 g/mol. The highest BCUT2D eigenvalue weighted by molar-refractivity contribution is 5.25. The molecule has 1 aromatic rings. The molecule has 0 saturated heterocycles. The van der Waals surface area contributed by atoms with Crippen LogP contribution in [0.25, 0.3) is 0 Å². The summed E-state index contributed by atoms with van der Waals surface area (Å²) in [6.45, 7) is 5.25. The number of nitrogens with two attached hydrogens (primary N) is 1. The third-order valence-corrected chi connectivity index (χ3v) is 4.33. The molecule has 1 fully saturated rings. The minimum Gasteiger partial charge on any atom is -0.330 e. The molecule has 2 heteroatoms. The van der Waals surface area contributed by atoms with Crippen LogP contribution in [0.1, 0.15) is 31.7 Å². The molecule has 1 atom stereocenters. The van der Waals surface area contributed by atoms with Crippen LogP contribution in [0.2, 0.25) is 0 Å². The van der Waals surface area contributed by atoms with E-state index in [-0.39, 0.29) is 5.41 Å². The number of likely N-dealkylation sites (N-methyl/N-ethyl adjacent to an activating group) is 1. The topological polar surface area (TPSA) is 29.3 Å². The Hall–Kier alpha value is -0.860. The molecular weight excluding hydrogens is 220 g/mol. The SMILES string of the molecule is CN(CC1CCC1)CC(C)(CN)c1ccccc1. The van der Waals surface area contributed by atoms with Crippen LogP contribution in [0, 0.1) is 5.92 Å². The second-order valence-electron chi connectivity index (χ2n) is 6.12. The van der Waals surface area contributed by atoms with Crippen LogP contribution in [0.4, 0.5) is 0 Å². The fraction of sp³-hybridized carbons (Fsp3) is 0.625. The zero-order valence-corrected chi connectivity index (χ0v) is 11.7. The second kappa shape index (κ2) is 5.85. The lowest BCUT2D eigenvalue weighted by atomic mass is 9.81. The molecule has 0 radical (unpaired) electrons. The Morgan fingerprint density at radius 1 is 1.28 bits per heavy atom. The maximum Gasteiger partial charge on any atom is 0.0174 e. The van der Waals surface area contributed by atoms with Crippen molar-refractivity contribution in [3.63, 3.8) is 0 Å². The van der Waals surface area contributed by atoms with Crippen molar-refractivity contribution in [3.8, 4) is 0 Å². The molecule has 0 bridgehead atoms. The van der Waals surface area contributed by atoms with Crippen molar-refractivity contribution in [2.75, 3.05) is 26.7 Å². The average Bonchev–Trinajstić information content (AvgIpc) is 2.35. The highest BCUT2D eigenvalue weighted by Gasteiger charge is 2.28. The van der Waals surface area contributed by atoms with Gasteiger partial charge in [-0.05, 0) is 31.4 Å². The first-order chi connectivity index (χ1) is 8.64. The Balaban J connectivity index is 1.98. The first kappa shape index (κ1) is 13.6. The average molecular weight is 246 g/mol. The van der Waals surface area contributed by atoms with Crippen LogP contribution in [-0.4, -0.2) is 31.6 Å². The standard InChI is InChI=1S/C16H26N2/c1-16(12-17,15-9-4-3-5-10-15)13-18(2)11-14-7-6-8-14/h3-5,9-10,14H,6-8,11-13,17H2,1-2H3. The van der Waals surface area contributed by atoms with Gasteiger partial charge < -0.3 is 10.6 Å². The summed E-state index contributed by atoms with van der Waals surface area (Å²) in [4.78, 5) is 2.46. The Morgan fingerprint density at radius 2 is 1.94 bits per heavy atom. The molecule has 2 N–H and O–H groups in total. The third-order valence-electron chi connectivity index (χ3n) is 4.33. The van der Waals surface area contributed by atoms with E-state index < -0.39 is 0 Å². The summed E-state index contributed by atoms with van der Waals surface area (Å²) in [5.41, 5.74) is 7.46. The van der Waals surface area contributed by atoms with Gasteiger partial charge in [-0.1, -0.05) is 43.7 Å². The van der Waals surface area contributed by atoms with Crippen LogP contribution in [0.3, 0.4) is 0 Å². The van der Waals surface area contributed by atoms with Gasteiger partial charge in [0, 0.05) is 25.0 Å². The van der Waals surface area contributed by atoms with E-state index >= 15 is 0 Å². The molecule has 2 rings (SSSR count). The van der Waals surface area contributed by atoms with E-state index in [4.69, 9.17) is 5.73 Å². The Kier molecular flexibility index (Phi) is 4.41. The number of hydrogen-bond acceptors (Lipinski definition) is 2. The van der Waals surface area contributed by atoms with E-state index in [1.54, 1.807) is 0 Å². The highest BCUT2D eigenvalue weighted by atomic mass is 15.1.